The summed E-state index contributed by atoms with van der Waals surface area (Å²) < 4.78 is 14.8. The van der Waals surface area contributed by atoms with E-state index in [1.54, 1.807) is 45.2 Å². The van der Waals surface area contributed by atoms with Crippen LogP contribution in [0.1, 0.15) is 25.8 Å². The molecule has 1 aromatic rings. The van der Waals surface area contributed by atoms with Gasteiger partial charge < -0.3 is 24.4 Å². The molecule has 0 unspecified atom stereocenters. The quantitative estimate of drug-likeness (QED) is 0.298. The molecule has 2 N–H and O–H groups in total. The Hall–Kier alpha value is -3.36. The second-order valence-corrected chi connectivity index (χ2v) is 4.74. The summed E-state index contributed by atoms with van der Waals surface area (Å²) in [5.74, 6) is -3.32. The zero-order valence-electron chi connectivity index (χ0n) is 15.3. The van der Waals surface area contributed by atoms with E-state index >= 15 is 0 Å². The lowest BCUT2D eigenvalue weighted by Gasteiger charge is -2.07. The van der Waals surface area contributed by atoms with E-state index in [1.807, 2.05) is 0 Å². The van der Waals surface area contributed by atoms with E-state index in [-0.39, 0.29) is 18.8 Å². The van der Waals surface area contributed by atoms with E-state index in [1.165, 1.54) is 6.08 Å². The number of esters is 2. The first-order valence-corrected chi connectivity index (χ1v) is 7.88. The Bertz CT molecular complexity index is 643. The highest BCUT2D eigenvalue weighted by Crippen LogP contribution is 2.15. The van der Waals surface area contributed by atoms with Crippen molar-refractivity contribution in [3.8, 4) is 5.75 Å². The lowest BCUT2D eigenvalue weighted by Crippen LogP contribution is -2.18. The molecule has 27 heavy (non-hydrogen) atoms. The molecule has 0 aliphatic rings. The Kier molecular flexibility index (Phi) is 11.3. The Morgan fingerprint density at radius 2 is 1.33 bits per heavy atom. The second-order valence-electron chi connectivity index (χ2n) is 4.74. The van der Waals surface area contributed by atoms with Gasteiger partial charge in [0.25, 0.3) is 0 Å². The van der Waals surface area contributed by atoms with Gasteiger partial charge in [-0.25, -0.2) is 9.59 Å². The molecule has 0 heterocycles. The number of carboxylic acid groups (broad SMARTS) is 2. The largest absolute Gasteiger partial charge is 0.497 e. The number of aliphatic carboxylic acids is 2. The van der Waals surface area contributed by atoms with Gasteiger partial charge in [-0.15, -0.1) is 0 Å². The summed E-state index contributed by atoms with van der Waals surface area (Å²) in [6, 6.07) is 6.94. The highest BCUT2D eigenvalue weighted by Gasteiger charge is 2.20. The molecule has 0 amide bonds. The fourth-order valence-electron chi connectivity index (χ4n) is 1.62. The lowest BCUT2D eigenvalue weighted by molar-refractivity contribution is -0.148. The van der Waals surface area contributed by atoms with E-state index in [4.69, 9.17) is 24.4 Å². The summed E-state index contributed by atoms with van der Waals surface area (Å²) in [6.07, 6.45) is 0.634. The minimum absolute atomic E-state index is 0.126. The number of methoxy groups -OCH3 is 1. The monoisotopic (exact) mass is 382 g/mol. The van der Waals surface area contributed by atoms with Crippen LogP contribution in [0.15, 0.2) is 29.8 Å². The SMILES string of the molecule is CCOC(=O)C(=Cc1ccc(OC)cc1)C(=O)OCC.O=C(O)CC(=O)O. The minimum atomic E-state index is -1.31. The van der Waals surface area contributed by atoms with Crippen LogP contribution in [0.5, 0.6) is 5.75 Å². The van der Waals surface area contributed by atoms with Crippen molar-refractivity contribution < 1.29 is 43.6 Å². The first-order chi connectivity index (χ1) is 12.7. The summed E-state index contributed by atoms with van der Waals surface area (Å²) in [5, 5.41) is 15.4. The predicted molar refractivity (Wildman–Crippen MR) is 94.1 cm³/mol. The molecular formula is C18H22O9. The van der Waals surface area contributed by atoms with Gasteiger partial charge in [0.15, 0.2) is 0 Å². The maximum atomic E-state index is 11.8. The molecule has 0 atom stereocenters. The van der Waals surface area contributed by atoms with Crippen LogP contribution in [-0.4, -0.2) is 54.4 Å². The first kappa shape index (κ1) is 23.6. The van der Waals surface area contributed by atoms with Crippen molar-refractivity contribution in [3.63, 3.8) is 0 Å². The highest BCUT2D eigenvalue weighted by molar-refractivity contribution is 6.17. The van der Waals surface area contributed by atoms with Gasteiger partial charge in [-0.1, -0.05) is 12.1 Å². The molecule has 0 aliphatic carbocycles. The topological polar surface area (TPSA) is 136 Å². The third-order valence-corrected chi connectivity index (χ3v) is 2.72. The molecule has 148 valence electrons. The van der Waals surface area contributed by atoms with Gasteiger partial charge in [0.05, 0.1) is 20.3 Å². The van der Waals surface area contributed by atoms with Gasteiger partial charge in [0, 0.05) is 0 Å². The maximum absolute atomic E-state index is 11.8. The summed E-state index contributed by atoms with van der Waals surface area (Å²) in [6.45, 7) is 3.73. The summed E-state index contributed by atoms with van der Waals surface area (Å²) in [4.78, 5) is 42.4. The number of hydrogen-bond acceptors (Lipinski definition) is 7. The van der Waals surface area contributed by atoms with Crippen molar-refractivity contribution in [1.82, 2.24) is 0 Å². The van der Waals surface area contributed by atoms with Crippen LogP contribution < -0.4 is 4.74 Å². The normalized spacial score (nSPS) is 9.15. The zero-order valence-corrected chi connectivity index (χ0v) is 15.3. The summed E-state index contributed by atoms with van der Waals surface area (Å²) in [7, 11) is 1.56. The van der Waals surface area contributed by atoms with Crippen LogP contribution in [0.3, 0.4) is 0 Å². The van der Waals surface area contributed by atoms with Gasteiger partial charge >= 0.3 is 23.9 Å². The molecule has 0 saturated carbocycles. The van der Waals surface area contributed by atoms with E-state index in [0.29, 0.717) is 11.3 Å². The highest BCUT2D eigenvalue weighted by atomic mass is 16.6. The van der Waals surface area contributed by atoms with Crippen molar-refractivity contribution in [1.29, 1.82) is 0 Å². The number of rotatable bonds is 8. The molecule has 0 spiro atoms. The molecule has 0 fully saturated rings. The molecule has 0 aromatic heterocycles. The average molecular weight is 382 g/mol. The maximum Gasteiger partial charge on any atom is 0.345 e. The average Bonchev–Trinajstić information content (AvgIpc) is 2.59. The van der Waals surface area contributed by atoms with Gasteiger partial charge in [0.1, 0.15) is 17.7 Å². The van der Waals surface area contributed by atoms with Crippen LogP contribution in [0, 0.1) is 0 Å². The van der Waals surface area contributed by atoms with Crippen LogP contribution in [0.25, 0.3) is 6.08 Å². The Balaban J connectivity index is 0.000000821. The molecule has 0 radical (unpaired) electrons. The van der Waals surface area contributed by atoms with E-state index in [0.717, 1.165) is 0 Å². The van der Waals surface area contributed by atoms with Crippen molar-refractivity contribution in [2.75, 3.05) is 20.3 Å². The van der Waals surface area contributed by atoms with Gasteiger partial charge in [-0.2, -0.15) is 0 Å². The van der Waals surface area contributed by atoms with Crippen molar-refractivity contribution in [2.24, 2.45) is 0 Å². The second kappa shape index (κ2) is 12.9. The van der Waals surface area contributed by atoms with E-state index in [2.05, 4.69) is 0 Å². The fraction of sp³-hybridized carbons (Fsp3) is 0.333. The van der Waals surface area contributed by atoms with Crippen LogP contribution in [0.4, 0.5) is 0 Å². The summed E-state index contributed by atoms with van der Waals surface area (Å²) >= 11 is 0. The molecule has 1 rings (SSSR count). The Morgan fingerprint density at radius 3 is 1.63 bits per heavy atom. The van der Waals surface area contributed by atoms with Crippen LogP contribution in [-0.2, 0) is 28.7 Å². The molecule has 0 aliphatic heterocycles. The zero-order chi connectivity index (χ0) is 20.8. The van der Waals surface area contributed by atoms with Crippen LogP contribution in [0.2, 0.25) is 0 Å². The molecule has 0 bridgehead atoms. The third-order valence-electron chi connectivity index (χ3n) is 2.72. The summed E-state index contributed by atoms with van der Waals surface area (Å²) in [5.41, 5.74) is 0.556. The first-order valence-electron chi connectivity index (χ1n) is 7.88. The van der Waals surface area contributed by atoms with Crippen molar-refractivity contribution in [3.05, 3.63) is 35.4 Å². The molecule has 1 aromatic carbocycles. The van der Waals surface area contributed by atoms with Gasteiger partial charge in [0.2, 0.25) is 0 Å². The fourth-order valence-corrected chi connectivity index (χ4v) is 1.62. The number of ether oxygens (including phenoxy) is 3. The van der Waals surface area contributed by atoms with Gasteiger partial charge in [-0.05, 0) is 37.6 Å². The van der Waals surface area contributed by atoms with Gasteiger partial charge in [-0.3, -0.25) is 9.59 Å². The molecular weight excluding hydrogens is 360 g/mol. The third kappa shape index (κ3) is 10.3. The number of hydrogen-bond donors (Lipinski definition) is 2. The number of carbonyl (C=O) groups excluding carboxylic acids is 2. The molecule has 0 saturated heterocycles. The van der Waals surface area contributed by atoms with E-state index in [9.17, 15) is 19.2 Å². The Labute approximate surface area is 156 Å². The van der Waals surface area contributed by atoms with E-state index < -0.39 is 30.3 Å². The molecule has 9 heteroatoms. The smallest absolute Gasteiger partial charge is 0.345 e. The minimum Gasteiger partial charge on any atom is -0.497 e. The predicted octanol–water partition coefficient (Wildman–Crippen LogP) is 1.75. The Morgan fingerprint density at radius 1 is 0.889 bits per heavy atom. The number of carbonyl (C=O) groups is 4. The van der Waals surface area contributed by atoms with Crippen molar-refractivity contribution in [2.45, 2.75) is 20.3 Å². The standard InChI is InChI=1S/C15H18O5.C3H4O4/c1-4-19-14(16)13(15(17)20-5-2)10-11-6-8-12(18-3)9-7-11;4-2(5)1-3(6)7/h6-10H,4-5H2,1-3H3;1H2,(H,4,5)(H,6,7). The number of carboxylic acids is 2. The lowest BCUT2D eigenvalue weighted by atomic mass is 10.1. The van der Waals surface area contributed by atoms with Crippen LogP contribution >= 0.6 is 0 Å². The molecule has 9 nitrogen and oxygen atoms in total. The number of benzene rings is 1. The van der Waals surface area contributed by atoms with Crippen molar-refractivity contribution >= 4 is 30.0 Å².